The molecule has 2 aliphatic rings. The van der Waals surface area contributed by atoms with Gasteiger partial charge in [0, 0.05) is 56.9 Å². The zero-order valence-corrected chi connectivity index (χ0v) is 25.4. The van der Waals surface area contributed by atoms with E-state index in [0.29, 0.717) is 32.7 Å². The molecule has 222 valence electrons. The first-order chi connectivity index (χ1) is 17.4. The summed E-state index contributed by atoms with van der Waals surface area (Å²) in [5.74, 6) is -0.255. The van der Waals surface area contributed by atoms with Crippen LogP contribution in [-0.4, -0.2) is 131 Å². The van der Waals surface area contributed by atoms with Gasteiger partial charge in [0.05, 0.1) is 20.3 Å². The predicted molar refractivity (Wildman–Crippen MR) is 146 cm³/mol. The summed E-state index contributed by atoms with van der Waals surface area (Å²) >= 11 is 0. The van der Waals surface area contributed by atoms with Crippen molar-refractivity contribution in [3.63, 3.8) is 0 Å². The topological polar surface area (TPSA) is 112 Å². The van der Waals surface area contributed by atoms with Crippen LogP contribution in [0.3, 0.4) is 0 Å². The molecular weight excluding hydrogens is 492 g/mol. The second kappa shape index (κ2) is 14.3. The van der Waals surface area contributed by atoms with E-state index in [4.69, 9.17) is 19.3 Å². The minimum Gasteiger partial charge on any atom is -0.468 e. The van der Waals surface area contributed by atoms with E-state index >= 15 is 0 Å². The average Bonchev–Trinajstić information content (AvgIpc) is 2.76. The molecule has 2 rings (SSSR count). The maximum absolute atomic E-state index is 12.1. The van der Waals surface area contributed by atoms with E-state index in [-0.39, 0.29) is 55.5 Å². The molecule has 0 aromatic carbocycles. The first kappa shape index (κ1) is 33.9. The quantitative estimate of drug-likeness (QED) is 0.422. The van der Waals surface area contributed by atoms with Crippen molar-refractivity contribution in [3.8, 4) is 0 Å². The van der Waals surface area contributed by atoms with Crippen LogP contribution < -0.4 is 0 Å². The van der Waals surface area contributed by atoms with Crippen molar-refractivity contribution in [3.05, 3.63) is 0 Å². The summed E-state index contributed by atoms with van der Waals surface area (Å²) in [5, 5.41) is 9.04. The largest absolute Gasteiger partial charge is 0.468 e. The number of methoxy groups -OCH3 is 1. The first-order valence-corrected chi connectivity index (χ1v) is 13.5. The Hall–Kier alpha value is -2.11. The molecule has 38 heavy (non-hydrogen) atoms. The molecular formula is C27H52N4O7. The highest BCUT2D eigenvalue weighted by molar-refractivity contribution is 5.72. The van der Waals surface area contributed by atoms with Gasteiger partial charge >= 0.3 is 18.2 Å². The van der Waals surface area contributed by atoms with Gasteiger partial charge in [0.15, 0.2) is 0 Å². The molecule has 2 heterocycles. The molecule has 0 aliphatic carbocycles. The highest BCUT2D eigenvalue weighted by Crippen LogP contribution is 2.20. The van der Waals surface area contributed by atoms with E-state index in [0.717, 1.165) is 0 Å². The summed E-state index contributed by atoms with van der Waals surface area (Å²) in [7, 11) is 1.38. The molecule has 4 atom stereocenters. The van der Waals surface area contributed by atoms with Gasteiger partial charge in [-0.25, -0.2) is 9.59 Å². The van der Waals surface area contributed by atoms with Gasteiger partial charge in [0.2, 0.25) is 0 Å². The maximum atomic E-state index is 12.1. The van der Waals surface area contributed by atoms with Crippen LogP contribution in [0, 0.1) is 0 Å². The standard InChI is InChI=1S/C14H26N2O4.C13H26N2O3/c1-10-7-15(13(18)20-14(3,4)5)8-11(2)16(10)9-12(17)19-6;1-10-8-14(12(17)18-13(3,4)5)9-11(2)15(10)6-7-16/h10-11H,7-9H2,1-6H3;10-11,16H,6-9H2,1-5H3/t2*10-,11+. The molecule has 0 bridgehead atoms. The molecule has 0 spiro atoms. The number of carbonyl (C=O) groups excluding carboxylic acids is 3. The van der Waals surface area contributed by atoms with Gasteiger partial charge in [-0.05, 0) is 69.2 Å². The first-order valence-electron chi connectivity index (χ1n) is 13.5. The third-order valence-corrected chi connectivity index (χ3v) is 6.40. The molecule has 2 saturated heterocycles. The van der Waals surface area contributed by atoms with Crippen LogP contribution in [0.15, 0.2) is 0 Å². The van der Waals surface area contributed by atoms with E-state index in [1.807, 2.05) is 60.3 Å². The Bertz CT molecular complexity index is 756. The SMILES string of the molecule is COC(=O)CN1[C@H](C)CN(C(=O)OC(C)(C)C)C[C@@H]1C.C[C@@H]1CN(C(=O)OC(C)(C)C)C[C@H](C)N1CCO. The molecule has 2 amide bonds. The number of ether oxygens (including phenoxy) is 3. The molecule has 0 saturated carbocycles. The molecule has 11 nitrogen and oxygen atoms in total. The molecule has 2 aliphatic heterocycles. The van der Waals surface area contributed by atoms with Crippen molar-refractivity contribution >= 4 is 18.2 Å². The van der Waals surface area contributed by atoms with Crippen LogP contribution in [0.4, 0.5) is 9.59 Å². The summed E-state index contributed by atoms with van der Waals surface area (Å²) in [6.45, 7) is 22.8. The number of aliphatic hydroxyl groups is 1. The Morgan fingerprint density at radius 2 is 1.05 bits per heavy atom. The lowest BCUT2D eigenvalue weighted by atomic mass is 10.1. The fraction of sp³-hybridized carbons (Fsp3) is 0.889. The van der Waals surface area contributed by atoms with Crippen LogP contribution in [0.5, 0.6) is 0 Å². The summed E-state index contributed by atoms with van der Waals surface area (Å²) in [5.41, 5.74) is -0.946. The van der Waals surface area contributed by atoms with Crippen LogP contribution >= 0.6 is 0 Å². The van der Waals surface area contributed by atoms with E-state index in [9.17, 15) is 14.4 Å². The molecule has 0 aromatic rings. The number of amides is 2. The Morgan fingerprint density at radius 3 is 1.34 bits per heavy atom. The lowest BCUT2D eigenvalue weighted by molar-refractivity contribution is -0.144. The molecule has 0 unspecified atom stereocenters. The number of β-amino-alcohol motifs (C(OH)–C–C–N with tert-alkyl or cyclic N) is 1. The van der Waals surface area contributed by atoms with Gasteiger partial charge in [-0.1, -0.05) is 0 Å². The van der Waals surface area contributed by atoms with Gasteiger partial charge in [0.1, 0.15) is 11.2 Å². The molecule has 2 fully saturated rings. The molecule has 0 aromatic heterocycles. The normalized spacial score (nSPS) is 25.3. The Balaban J connectivity index is 0.000000382. The van der Waals surface area contributed by atoms with Crippen molar-refractivity contribution in [1.29, 1.82) is 0 Å². The van der Waals surface area contributed by atoms with Gasteiger partial charge < -0.3 is 29.1 Å². The lowest BCUT2D eigenvalue weighted by Gasteiger charge is -2.44. The average molecular weight is 545 g/mol. The monoisotopic (exact) mass is 544 g/mol. The maximum Gasteiger partial charge on any atom is 0.410 e. The summed E-state index contributed by atoms with van der Waals surface area (Å²) in [4.78, 5) is 43.2. The highest BCUT2D eigenvalue weighted by atomic mass is 16.6. The van der Waals surface area contributed by atoms with Crippen LogP contribution in [0.25, 0.3) is 0 Å². The van der Waals surface area contributed by atoms with Gasteiger partial charge in [-0.15, -0.1) is 0 Å². The van der Waals surface area contributed by atoms with Crippen molar-refractivity contribution in [1.82, 2.24) is 19.6 Å². The second-order valence-electron chi connectivity index (χ2n) is 12.4. The van der Waals surface area contributed by atoms with E-state index in [1.54, 1.807) is 9.80 Å². The molecule has 11 heteroatoms. The van der Waals surface area contributed by atoms with E-state index < -0.39 is 11.2 Å². The third kappa shape index (κ3) is 11.3. The summed E-state index contributed by atoms with van der Waals surface area (Å²) in [6, 6.07) is 0.664. The fourth-order valence-corrected chi connectivity index (χ4v) is 4.75. The Morgan fingerprint density at radius 1 is 0.711 bits per heavy atom. The lowest BCUT2D eigenvalue weighted by Crippen LogP contribution is -2.59. The number of rotatable bonds is 4. The highest BCUT2D eigenvalue weighted by Gasteiger charge is 2.35. The fourth-order valence-electron chi connectivity index (χ4n) is 4.75. The minimum atomic E-state index is -0.493. The zero-order valence-electron chi connectivity index (χ0n) is 25.4. The zero-order chi connectivity index (χ0) is 29.4. The number of hydrogen-bond acceptors (Lipinski definition) is 9. The Kier molecular flexibility index (Phi) is 12.8. The van der Waals surface area contributed by atoms with Crippen molar-refractivity contribution in [2.45, 2.75) is 105 Å². The summed E-state index contributed by atoms with van der Waals surface area (Å²) < 4.78 is 15.5. The number of piperazine rings is 2. The number of nitrogens with zero attached hydrogens (tertiary/aromatic N) is 4. The number of carbonyl (C=O) groups is 3. The van der Waals surface area contributed by atoms with Gasteiger partial charge in [-0.2, -0.15) is 0 Å². The molecule has 0 radical (unpaired) electrons. The van der Waals surface area contributed by atoms with Gasteiger partial charge in [0.25, 0.3) is 0 Å². The minimum absolute atomic E-state index is 0.0883. The van der Waals surface area contributed by atoms with E-state index in [2.05, 4.69) is 18.7 Å². The summed E-state index contributed by atoms with van der Waals surface area (Å²) in [6.07, 6.45) is -0.543. The Labute approximate surface area is 229 Å². The smallest absolute Gasteiger partial charge is 0.410 e. The van der Waals surface area contributed by atoms with Crippen molar-refractivity contribution in [2.24, 2.45) is 0 Å². The molecule has 1 N–H and O–H groups in total. The van der Waals surface area contributed by atoms with Crippen molar-refractivity contribution in [2.75, 3.05) is 53.0 Å². The predicted octanol–water partition coefficient (Wildman–Crippen LogP) is 2.80. The number of esters is 1. The van der Waals surface area contributed by atoms with E-state index in [1.165, 1.54) is 7.11 Å². The van der Waals surface area contributed by atoms with Crippen molar-refractivity contribution < 1.29 is 33.7 Å². The number of aliphatic hydroxyl groups excluding tert-OH is 1. The number of hydrogen-bond donors (Lipinski definition) is 1. The van der Waals surface area contributed by atoms with Crippen LogP contribution in [-0.2, 0) is 19.0 Å². The van der Waals surface area contributed by atoms with Crippen LogP contribution in [0.2, 0.25) is 0 Å². The second-order valence-corrected chi connectivity index (χ2v) is 12.4. The van der Waals surface area contributed by atoms with Gasteiger partial charge in [-0.3, -0.25) is 14.6 Å². The third-order valence-electron chi connectivity index (χ3n) is 6.40. The van der Waals surface area contributed by atoms with Crippen LogP contribution in [0.1, 0.15) is 69.2 Å².